The summed E-state index contributed by atoms with van der Waals surface area (Å²) in [6.45, 7) is 2.38. The second-order valence-corrected chi connectivity index (χ2v) is 3.84. The number of unbranched alkanes of at least 4 members (excludes halogenated alkanes) is 3. The van der Waals surface area contributed by atoms with Gasteiger partial charge in [-0.05, 0) is 6.42 Å². The van der Waals surface area contributed by atoms with Gasteiger partial charge in [0, 0.05) is 0 Å². The van der Waals surface area contributed by atoms with Crippen molar-refractivity contribution in [3.05, 3.63) is 0 Å². The zero-order chi connectivity index (χ0) is 8.74. The van der Waals surface area contributed by atoms with E-state index < -0.39 is 7.75 Å². The molecule has 0 aliphatic heterocycles. The number of rotatable bonds is 6. The van der Waals surface area contributed by atoms with Gasteiger partial charge in [-0.2, -0.15) is 0 Å². The molecule has 0 amide bonds. The number of hydrogen-bond acceptors (Lipinski definition) is 2. The van der Waals surface area contributed by atoms with Gasteiger partial charge < -0.3 is 4.89 Å². The van der Waals surface area contributed by atoms with Gasteiger partial charge in [0.05, 0.1) is 6.61 Å². The van der Waals surface area contributed by atoms with Crippen molar-refractivity contribution in [1.82, 2.24) is 0 Å². The molecule has 0 bridgehead atoms. The van der Waals surface area contributed by atoms with E-state index in [0.29, 0.717) is 0 Å². The molecule has 0 aromatic carbocycles. The summed E-state index contributed by atoms with van der Waals surface area (Å²) in [6.07, 6.45) is 4.09. The minimum atomic E-state index is -3.71. The molecule has 0 heterocycles. The van der Waals surface area contributed by atoms with Crippen molar-refractivity contribution in [3.8, 4) is 0 Å². The Kier molecular flexibility index (Phi) is 5.78. The molecular weight excluding hydrogens is 165 g/mol. The fourth-order valence-electron chi connectivity index (χ4n) is 0.724. The SMILES string of the molecule is CCCCCCOP(N)(=O)O. The molecule has 0 radical (unpaired) electrons. The van der Waals surface area contributed by atoms with Crippen molar-refractivity contribution >= 4 is 7.75 Å². The molecule has 1 unspecified atom stereocenters. The normalized spacial score (nSPS) is 16.3. The molecule has 68 valence electrons. The van der Waals surface area contributed by atoms with Gasteiger partial charge in [0.2, 0.25) is 0 Å². The lowest BCUT2D eigenvalue weighted by Crippen LogP contribution is -1.99. The summed E-state index contributed by atoms with van der Waals surface area (Å²) in [6, 6.07) is 0. The van der Waals surface area contributed by atoms with E-state index in [4.69, 9.17) is 10.4 Å². The van der Waals surface area contributed by atoms with E-state index in [9.17, 15) is 4.57 Å². The van der Waals surface area contributed by atoms with Crippen LogP contribution in [0.5, 0.6) is 0 Å². The van der Waals surface area contributed by atoms with E-state index in [-0.39, 0.29) is 6.61 Å². The predicted molar refractivity (Wildman–Crippen MR) is 44.1 cm³/mol. The summed E-state index contributed by atoms with van der Waals surface area (Å²) in [5, 5.41) is 0. The maximum Gasteiger partial charge on any atom is 0.400 e. The summed E-state index contributed by atoms with van der Waals surface area (Å²) in [4.78, 5) is 8.49. The van der Waals surface area contributed by atoms with Gasteiger partial charge >= 0.3 is 7.75 Å². The molecule has 0 aromatic heterocycles. The second kappa shape index (κ2) is 5.72. The van der Waals surface area contributed by atoms with Gasteiger partial charge in [0.1, 0.15) is 0 Å². The Labute approximate surface area is 67.3 Å². The molecule has 5 heteroatoms. The van der Waals surface area contributed by atoms with Crippen LogP contribution in [-0.2, 0) is 9.09 Å². The molecule has 0 aliphatic carbocycles. The Balaban J connectivity index is 3.09. The highest BCUT2D eigenvalue weighted by atomic mass is 31.2. The Morgan fingerprint density at radius 1 is 1.45 bits per heavy atom. The molecule has 0 saturated carbocycles. The summed E-state index contributed by atoms with van der Waals surface area (Å²) >= 11 is 0. The molecule has 1 atom stereocenters. The number of nitrogens with two attached hydrogens (primary N) is 1. The van der Waals surface area contributed by atoms with Crippen LogP contribution in [0, 0.1) is 0 Å². The highest BCUT2D eigenvalue weighted by Gasteiger charge is 2.08. The zero-order valence-electron chi connectivity index (χ0n) is 6.82. The second-order valence-electron chi connectivity index (χ2n) is 2.46. The van der Waals surface area contributed by atoms with Gasteiger partial charge in [-0.1, -0.05) is 26.2 Å². The molecule has 3 N–H and O–H groups in total. The molecule has 0 saturated heterocycles. The van der Waals surface area contributed by atoms with Crippen LogP contribution in [0.3, 0.4) is 0 Å². The van der Waals surface area contributed by atoms with Crippen molar-refractivity contribution < 1.29 is 14.0 Å². The van der Waals surface area contributed by atoms with E-state index in [2.05, 4.69) is 11.4 Å². The molecule has 0 aromatic rings. The smallest absolute Gasteiger partial charge is 0.313 e. The van der Waals surface area contributed by atoms with Gasteiger partial charge in [-0.25, -0.2) is 10.1 Å². The quantitative estimate of drug-likeness (QED) is 0.482. The first kappa shape index (κ1) is 11.1. The maximum absolute atomic E-state index is 10.4. The lowest BCUT2D eigenvalue weighted by molar-refractivity contribution is 0.253. The highest BCUT2D eigenvalue weighted by Crippen LogP contribution is 2.31. The van der Waals surface area contributed by atoms with E-state index >= 15 is 0 Å². The van der Waals surface area contributed by atoms with Crippen molar-refractivity contribution in [3.63, 3.8) is 0 Å². The lowest BCUT2D eigenvalue weighted by atomic mass is 10.2. The first-order valence-corrected chi connectivity index (χ1v) is 5.47. The number of hydrogen-bond donors (Lipinski definition) is 2. The van der Waals surface area contributed by atoms with E-state index in [0.717, 1.165) is 25.7 Å². The molecule has 0 aliphatic rings. The first-order chi connectivity index (χ1) is 5.06. The van der Waals surface area contributed by atoms with Crippen LogP contribution in [0.25, 0.3) is 0 Å². The predicted octanol–water partition coefficient (Wildman–Crippen LogP) is 1.64. The Bertz CT molecular complexity index is 134. The van der Waals surface area contributed by atoms with Crippen LogP contribution in [0.4, 0.5) is 0 Å². The summed E-state index contributed by atoms with van der Waals surface area (Å²) in [5.41, 5.74) is 4.74. The first-order valence-electron chi connectivity index (χ1n) is 3.82. The monoisotopic (exact) mass is 181 g/mol. The molecular formula is C6H16NO3P. The van der Waals surface area contributed by atoms with E-state index in [1.165, 1.54) is 0 Å². The van der Waals surface area contributed by atoms with Gasteiger partial charge in [-0.3, -0.25) is 4.52 Å². The van der Waals surface area contributed by atoms with E-state index in [1.807, 2.05) is 0 Å². The molecule has 0 spiro atoms. The average molecular weight is 181 g/mol. The summed E-state index contributed by atoms with van der Waals surface area (Å²) < 4.78 is 14.8. The maximum atomic E-state index is 10.4. The van der Waals surface area contributed by atoms with Crippen molar-refractivity contribution in [1.29, 1.82) is 0 Å². The fraction of sp³-hybridized carbons (Fsp3) is 1.00. The van der Waals surface area contributed by atoms with Gasteiger partial charge in [0.15, 0.2) is 0 Å². The van der Waals surface area contributed by atoms with Crippen LogP contribution in [-0.4, -0.2) is 11.5 Å². The van der Waals surface area contributed by atoms with E-state index in [1.54, 1.807) is 0 Å². The third kappa shape index (κ3) is 10.1. The minimum Gasteiger partial charge on any atom is -0.313 e. The van der Waals surface area contributed by atoms with Gasteiger partial charge in [-0.15, -0.1) is 0 Å². The fourth-order valence-corrected chi connectivity index (χ4v) is 1.11. The van der Waals surface area contributed by atoms with Crippen LogP contribution in [0.1, 0.15) is 32.6 Å². The average Bonchev–Trinajstić information content (AvgIpc) is 1.85. The standard InChI is InChI=1S/C6H16NO3P/c1-2-3-4-5-6-10-11(7,8)9/h2-6H2,1H3,(H3,7,8,9). The topological polar surface area (TPSA) is 72.5 Å². The Morgan fingerprint density at radius 3 is 2.55 bits per heavy atom. The molecule has 11 heavy (non-hydrogen) atoms. The highest BCUT2D eigenvalue weighted by molar-refractivity contribution is 7.50. The van der Waals surface area contributed by atoms with Gasteiger partial charge in [0.25, 0.3) is 0 Å². The largest absolute Gasteiger partial charge is 0.400 e. The third-order valence-corrected chi connectivity index (χ3v) is 1.83. The Hall–Kier alpha value is 0.110. The zero-order valence-corrected chi connectivity index (χ0v) is 7.72. The Morgan fingerprint density at radius 2 is 2.09 bits per heavy atom. The lowest BCUT2D eigenvalue weighted by Gasteiger charge is -2.04. The summed E-state index contributed by atoms with van der Waals surface area (Å²) in [5.74, 6) is 0. The van der Waals surface area contributed by atoms with Crippen molar-refractivity contribution in [2.45, 2.75) is 32.6 Å². The van der Waals surface area contributed by atoms with Crippen molar-refractivity contribution in [2.24, 2.45) is 5.50 Å². The molecule has 0 rings (SSSR count). The van der Waals surface area contributed by atoms with Crippen LogP contribution in [0.15, 0.2) is 0 Å². The molecule has 4 nitrogen and oxygen atoms in total. The third-order valence-electron chi connectivity index (χ3n) is 1.27. The van der Waals surface area contributed by atoms with Crippen LogP contribution >= 0.6 is 7.75 Å². The molecule has 0 fully saturated rings. The van der Waals surface area contributed by atoms with Crippen LogP contribution < -0.4 is 5.50 Å². The summed E-state index contributed by atoms with van der Waals surface area (Å²) in [7, 11) is -3.71. The van der Waals surface area contributed by atoms with Crippen molar-refractivity contribution in [2.75, 3.05) is 6.61 Å². The van der Waals surface area contributed by atoms with Crippen LogP contribution in [0.2, 0.25) is 0 Å². The minimum absolute atomic E-state index is 0.282.